The van der Waals surface area contributed by atoms with E-state index in [4.69, 9.17) is 6.42 Å². The number of rotatable bonds is 9. The molecule has 1 aromatic carbocycles. The predicted octanol–water partition coefficient (Wildman–Crippen LogP) is 10.2. The summed E-state index contributed by atoms with van der Waals surface area (Å²) in [4.78, 5) is 0. The number of nitrogens with one attached hydrogen (secondary N) is 1. The number of halogens is 2. The second-order valence-corrected chi connectivity index (χ2v) is 12.9. The summed E-state index contributed by atoms with van der Waals surface area (Å²) < 4.78 is 24.7. The SMILES string of the molecule is C#CNc1c(C)cc(CC2CCC(CC3CCC(CC4CCC(CC=C(F)F)CC4)CC3)CC2)cc1C. The van der Waals surface area contributed by atoms with Crippen LogP contribution in [0.15, 0.2) is 24.3 Å². The maximum absolute atomic E-state index is 12.4. The summed E-state index contributed by atoms with van der Waals surface area (Å²) in [6, 6.07) is 7.22. The van der Waals surface area contributed by atoms with E-state index in [1.807, 2.05) is 0 Å². The summed E-state index contributed by atoms with van der Waals surface area (Å²) in [5, 5.41) is 3.06. The first-order chi connectivity index (χ1) is 17.9. The van der Waals surface area contributed by atoms with Crippen molar-refractivity contribution in [2.75, 3.05) is 5.32 Å². The molecule has 3 heteroatoms. The van der Waals surface area contributed by atoms with Crippen molar-refractivity contribution in [2.45, 2.75) is 117 Å². The zero-order valence-corrected chi connectivity index (χ0v) is 23.3. The fourth-order valence-corrected chi connectivity index (χ4v) is 8.05. The third kappa shape index (κ3) is 8.59. The van der Waals surface area contributed by atoms with Crippen LogP contribution in [0.4, 0.5) is 14.5 Å². The molecule has 3 aliphatic carbocycles. The van der Waals surface area contributed by atoms with Crippen LogP contribution in [-0.4, -0.2) is 0 Å². The van der Waals surface area contributed by atoms with Crippen LogP contribution in [0.25, 0.3) is 0 Å². The van der Waals surface area contributed by atoms with Gasteiger partial charge in [0.2, 0.25) is 0 Å². The van der Waals surface area contributed by atoms with Gasteiger partial charge in [0.1, 0.15) is 0 Å². The summed E-state index contributed by atoms with van der Waals surface area (Å²) in [7, 11) is 0. The lowest BCUT2D eigenvalue weighted by atomic mass is 9.70. The fraction of sp³-hybridized carbons (Fsp3) is 0.706. The Bertz CT molecular complexity index is 893. The molecule has 1 N–H and O–H groups in total. The molecule has 204 valence electrons. The Kier molecular flexibility index (Phi) is 10.5. The molecular formula is C34H49F2N. The molecule has 3 saturated carbocycles. The minimum Gasteiger partial charge on any atom is -0.315 e. The summed E-state index contributed by atoms with van der Waals surface area (Å²) in [5.74, 6) is 5.00. The lowest BCUT2D eigenvalue weighted by Crippen LogP contribution is -2.23. The maximum Gasteiger partial charge on any atom is 0.266 e. The first-order valence-corrected chi connectivity index (χ1v) is 15.2. The minimum absolute atomic E-state index is 0.494. The van der Waals surface area contributed by atoms with Crippen LogP contribution in [0.2, 0.25) is 0 Å². The Balaban J connectivity index is 1.11. The molecule has 3 fully saturated rings. The highest BCUT2D eigenvalue weighted by Gasteiger charge is 2.29. The van der Waals surface area contributed by atoms with Gasteiger partial charge in [-0.2, -0.15) is 8.78 Å². The molecule has 0 aliphatic heterocycles. The van der Waals surface area contributed by atoms with Crippen LogP contribution in [0.1, 0.15) is 113 Å². The van der Waals surface area contributed by atoms with Gasteiger partial charge in [-0.1, -0.05) is 69.9 Å². The quantitative estimate of drug-likeness (QED) is 0.258. The molecule has 0 amide bonds. The molecule has 3 aliphatic rings. The van der Waals surface area contributed by atoms with E-state index in [1.165, 1.54) is 100 Å². The van der Waals surface area contributed by atoms with E-state index in [0.717, 1.165) is 54.2 Å². The summed E-state index contributed by atoms with van der Waals surface area (Å²) in [5.41, 5.74) is 5.08. The topological polar surface area (TPSA) is 12.0 Å². The number of hydrogen-bond acceptors (Lipinski definition) is 1. The van der Waals surface area contributed by atoms with Crippen LogP contribution >= 0.6 is 0 Å². The molecule has 0 bridgehead atoms. The van der Waals surface area contributed by atoms with Crippen molar-refractivity contribution < 1.29 is 8.78 Å². The van der Waals surface area contributed by atoms with Crippen molar-refractivity contribution >= 4 is 5.69 Å². The summed E-state index contributed by atoms with van der Waals surface area (Å²) in [6.07, 6.45) is 25.9. The highest BCUT2D eigenvalue weighted by atomic mass is 19.3. The number of allylic oxidation sites excluding steroid dienone is 1. The molecule has 0 spiro atoms. The van der Waals surface area contributed by atoms with Crippen LogP contribution < -0.4 is 5.32 Å². The van der Waals surface area contributed by atoms with Gasteiger partial charge in [0.15, 0.2) is 0 Å². The number of anilines is 1. The maximum atomic E-state index is 12.4. The first-order valence-electron chi connectivity index (χ1n) is 15.2. The molecule has 0 saturated heterocycles. The Labute approximate surface area is 225 Å². The Morgan fingerprint density at radius 1 is 0.757 bits per heavy atom. The van der Waals surface area contributed by atoms with Gasteiger partial charge in [0.05, 0.1) is 5.69 Å². The van der Waals surface area contributed by atoms with Gasteiger partial charge in [-0.05, 0) is 123 Å². The normalized spacial score (nSPS) is 30.4. The highest BCUT2D eigenvalue weighted by molar-refractivity contribution is 5.60. The molecule has 0 aromatic heterocycles. The minimum atomic E-state index is -1.50. The van der Waals surface area contributed by atoms with E-state index in [2.05, 4.69) is 37.3 Å². The second-order valence-electron chi connectivity index (χ2n) is 12.9. The molecule has 0 heterocycles. The van der Waals surface area contributed by atoms with Crippen molar-refractivity contribution in [3.63, 3.8) is 0 Å². The number of terminal acetylenes is 1. The predicted molar refractivity (Wildman–Crippen MR) is 153 cm³/mol. The summed E-state index contributed by atoms with van der Waals surface area (Å²) in [6.45, 7) is 4.31. The van der Waals surface area contributed by atoms with E-state index in [9.17, 15) is 8.78 Å². The van der Waals surface area contributed by atoms with Gasteiger partial charge in [-0.25, -0.2) is 0 Å². The molecule has 1 aromatic rings. The van der Waals surface area contributed by atoms with Gasteiger partial charge in [0.25, 0.3) is 6.08 Å². The molecule has 0 atom stereocenters. The Hall–Kier alpha value is -1.82. The van der Waals surface area contributed by atoms with Crippen LogP contribution in [0.5, 0.6) is 0 Å². The average Bonchev–Trinajstić information content (AvgIpc) is 2.88. The Morgan fingerprint density at radius 3 is 1.57 bits per heavy atom. The van der Waals surface area contributed by atoms with Crippen molar-refractivity contribution in [3.05, 3.63) is 41.0 Å². The standard InChI is InChI=1S/C34H49F2N/c1-4-37-34-24(2)19-32(20-25(34)3)23-31-15-13-30(14-16-31)22-29-11-9-28(10-12-29)21-27-7-5-26(6-8-27)17-18-33(35)36/h1,18-20,26-31,37H,5-17,21-23H2,2-3H3. The van der Waals surface area contributed by atoms with Gasteiger partial charge in [-0.3, -0.25) is 0 Å². The molecule has 0 unspecified atom stereocenters. The molecule has 37 heavy (non-hydrogen) atoms. The van der Waals surface area contributed by atoms with Crippen LogP contribution in [-0.2, 0) is 6.42 Å². The van der Waals surface area contributed by atoms with Crippen molar-refractivity contribution in [3.8, 4) is 12.5 Å². The van der Waals surface area contributed by atoms with E-state index >= 15 is 0 Å². The second kappa shape index (κ2) is 13.8. The first kappa shape index (κ1) is 28.2. The Morgan fingerprint density at radius 2 is 1.16 bits per heavy atom. The van der Waals surface area contributed by atoms with Gasteiger partial charge < -0.3 is 5.32 Å². The lowest BCUT2D eigenvalue weighted by molar-refractivity contribution is 0.164. The smallest absolute Gasteiger partial charge is 0.266 e. The summed E-state index contributed by atoms with van der Waals surface area (Å²) >= 11 is 0. The van der Waals surface area contributed by atoms with Crippen molar-refractivity contribution in [2.24, 2.45) is 35.5 Å². The highest BCUT2D eigenvalue weighted by Crippen LogP contribution is 2.42. The van der Waals surface area contributed by atoms with E-state index < -0.39 is 6.08 Å². The van der Waals surface area contributed by atoms with E-state index in [-0.39, 0.29) is 0 Å². The molecule has 4 rings (SSSR count). The van der Waals surface area contributed by atoms with Crippen molar-refractivity contribution in [1.82, 2.24) is 0 Å². The third-order valence-electron chi connectivity index (χ3n) is 10.2. The largest absolute Gasteiger partial charge is 0.315 e. The third-order valence-corrected chi connectivity index (χ3v) is 10.2. The van der Waals surface area contributed by atoms with Crippen LogP contribution in [0, 0.1) is 61.8 Å². The zero-order valence-electron chi connectivity index (χ0n) is 23.3. The van der Waals surface area contributed by atoms with Gasteiger partial charge >= 0.3 is 0 Å². The zero-order chi connectivity index (χ0) is 26.2. The van der Waals surface area contributed by atoms with Crippen LogP contribution in [0.3, 0.4) is 0 Å². The van der Waals surface area contributed by atoms with Crippen molar-refractivity contribution in [1.29, 1.82) is 0 Å². The van der Waals surface area contributed by atoms with Gasteiger partial charge in [0, 0.05) is 6.04 Å². The van der Waals surface area contributed by atoms with E-state index in [0.29, 0.717) is 12.3 Å². The fourth-order valence-electron chi connectivity index (χ4n) is 8.05. The number of aryl methyl sites for hydroxylation is 2. The molecule has 1 nitrogen and oxygen atoms in total. The molecular weight excluding hydrogens is 460 g/mol. The molecule has 0 radical (unpaired) electrons. The monoisotopic (exact) mass is 509 g/mol. The number of benzene rings is 1. The average molecular weight is 510 g/mol. The lowest BCUT2D eigenvalue weighted by Gasteiger charge is -2.36. The van der Waals surface area contributed by atoms with Gasteiger partial charge in [-0.15, -0.1) is 0 Å². The van der Waals surface area contributed by atoms with E-state index in [1.54, 1.807) is 0 Å². The number of hydrogen-bond donors (Lipinski definition) is 1.